The van der Waals surface area contributed by atoms with Gasteiger partial charge in [-0.15, -0.1) is 0 Å². The first-order valence-electron chi connectivity index (χ1n) is 11.1. The lowest BCUT2D eigenvalue weighted by molar-refractivity contribution is -0.141. The topological polar surface area (TPSA) is 97.4 Å². The van der Waals surface area contributed by atoms with Crippen LogP contribution in [0.15, 0.2) is 30.3 Å². The fourth-order valence-corrected chi connectivity index (χ4v) is 3.72. The van der Waals surface area contributed by atoms with E-state index in [-0.39, 0.29) is 35.8 Å². The molecule has 1 heterocycles. The van der Waals surface area contributed by atoms with Crippen LogP contribution in [0.1, 0.15) is 62.3 Å². The van der Waals surface area contributed by atoms with Gasteiger partial charge in [0.2, 0.25) is 21.8 Å². The smallest absolute Gasteiger partial charge is 0.433 e. The lowest BCUT2D eigenvalue weighted by Gasteiger charge is -2.16. The number of alkyl halides is 3. The number of carbonyl (C=O) groups is 1. The number of pyridine rings is 1. The number of nitrogens with zero attached hydrogens (tertiary/aromatic N) is 1. The summed E-state index contributed by atoms with van der Waals surface area (Å²) in [6.07, 6.45) is -0.253. The molecule has 0 radical (unpaired) electrons. The number of amides is 1. The molecule has 1 aromatic heterocycles. The molecule has 0 unspecified atom stereocenters. The number of hydrogen-bond donors (Lipinski definition) is 2. The minimum absolute atomic E-state index is 0.144. The van der Waals surface area contributed by atoms with Gasteiger partial charge < -0.3 is 10.1 Å². The highest BCUT2D eigenvalue weighted by molar-refractivity contribution is 7.92. The Morgan fingerprint density at radius 1 is 1.14 bits per heavy atom. The van der Waals surface area contributed by atoms with E-state index in [9.17, 15) is 30.8 Å². The number of rotatable bonds is 12. The summed E-state index contributed by atoms with van der Waals surface area (Å²) >= 11 is 0. The third kappa shape index (κ3) is 9.00. The van der Waals surface area contributed by atoms with Crippen molar-refractivity contribution in [1.82, 2.24) is 10.3 Å². The molecule has 1 aromatic carbocycles. The first-order valence-corrected chi connectivity index (χ1v) is 13.0. The van der Waals surface area contributed by atoms with Crippen molar-refractivity contribution in [2.75, 3.05) is 17.6 Å². The molecule has 0 spiro atoms. The fourth-order valence-electron chi connectivity index (χ4n) is 3.15. The molecule has 0 aliphatic rings. The number of nitrogens with one attached hydrogen (secondary N) is 2. The molecule has 0 aliphatic carbocycles. The standard InChI is InChI=1S/C23H29F4N3O4S/c1-4-5-6-7-12-34-22-17(9-11-20(29-22)23(25,26)27)14-28-21(31)15(2)16-8-10-19(18(24)13-16)30-35(3,32)33/h8-11,13,15,30H,4-7,12,14H2,1-3H3,(H,28,31)/t15-/m1/s1. The molecule has 0 fully saturated rings. The molecule has 2 aromatic rings. The average molecular weight is 520 g/mol. The lowest BCUT2D eigenvalue weighted by atomic mass is 9.99. The van der Waals surface area contributed by atoms with Crippen molar-refractivity contribution in [2.45, 2.75) is 58.2 Å². The van der Waals surface area contributed by atoms with Crippen molar-refractivity contribution in [1.29, 1.82) is 0 Å². The van der Waals surface area contributed by atoms with Crippen LogP contribution in [0.4, 0.5) is 23.2 Å². The van der Waals surface area contributed by atoms with E-state index in [4.69, 9.17) is 4.74 Å². The Hall–Kier alpha value is -2.89. The average Bonchev–Trinajstić information content (AvgIpc) is 2.77. The number of carbonyl (C=O) groups excluding carboxylic acids is 1. The van der Waals surface area contributed by atoms with Gasteiger partial charge in [-0.05, 0) is 43.2 Å². The van der Waals surface area contributed by atoms with Crippen LogP contribution in [0.2, 0.25) is 0 Å². The Morgan fingerprint density at radius 3 is 2.46 bits per heavy atom. The fraction of sp³-hybridized carbons (Fsp3) is 0.478. The number of ether oxygens (including phenoxy) is 1. The highest BCUT2D eigenvalue weighted by Crippen LogP contribution is 2.30. The van der Waals surface area contributed by atoms with Crippen molar-refractivity contribution in [2.24, 2.45) is 0 Å². The van der Waals surface area contributed by atoms with Gasteiger partial charge >= 0.3 is 6.18 Å². The molecule has 1 atom stereocenters. The van der Waals surface area contributed by atoms with E-state index in [2.05, 4.69) is 10.3 Å². The zero-order valence-corrected chi connectivity index (χ0v) is 20.5. The van der Waals surface area contributed by atoms with Crippen LogP contribution in [0.3, 0.4) is 0 Å². The van der Waals surface area contributed by atoms with Gasteiger partial charge in [-0.2, -0.15) is 13.2 Å². The molecule has 35 heavy (non-hydrogen) atoms. The van der Waals surface area contributed by atoms with E-state index in [1.54, 1.807) is 0 Å². The van der Waals surface area contributed by atoms with Gasteiger partial charge in [0.15, 0.2) is 0 Å². The first kappa shape index (κ1) is 28.3. The molecular formula is C23H29F4N3O4S. The normalized spacial score (nSPS) is 12.8. The van der Waals surface area contributed by atoms with Gasteiger partial charge in [-0.1, -0.05) is 32.3 Å². The largest absolute Gasteiger partial charge is 0.477 e. The SMILES string of the molecule is CCCCCCOc1nc(C(F)(F)F)ccc1CNC(=O)[C@H](C)c1ccc(NS(C)(=O)=O)c(F)c1. The van der Waals surface area contributed by atoms with E-state index in [0.717, 1.165) is 37.7 Å². The van der Waals surface area contributed by atoms with Gasteiger partial charge in [0.05, 0.1) is 24.5 Å². The van der Waals surface area contributed by atoms with Crippen LogP contribution in [-0.2, 0) is 27.5 Å². The van der Waals surface area contributed by atoms with Crippen LogP contribution < -0.4 is 14.8 Å². The summed E-state index contributed by atoms with van der Waals surface area (Å²) in [6, 6.07) is 5.68. The van der Waals surface area contributed by atoms with Crippen molar-refractivity contribution in [3.05, 3.63) is 53.0 Å². The first-order chi connectivity index (χ1) is 16.3. The number of hydrogen-bond acceptors (Lipinski definition) is 5. The summed E-state index contributed by atoms with van der Waals surface area (Å²) in [5, 5.41) is 2.60. The molecule has 0 saturated carbocycles. The number of unbranched alkanes of at least 4 members (excludes halogenated alkanes) is 3. The summed E-state index contributed by atoms with van der Waals surface area (Å²) in [7, 11) is -3.67. The van der Waals surface area contributed by atoms with Crippen LogP contribution >= 0.6 is 0 Å². The summed E-state index contributed by atoms with van der Waals surface area (Å²) < 4.78 is 83.7. The Bertz CT molecular complexity index is 1120. The predicted molar refractivity (Wildman–Crippen MR) is 124 cm³/mol. The Labute approximate surface area is 202 Å². The summed E-state index contributed by atoms with van der Waals surface area (Å²) in [5.41, 5.74) is -0.784. The second-order valence-corrected chi connectivity index (χ2v) is 9.87. The molecule has 12 heteroatoms. The molecule has 2 N–H and O–H groups in total. The van der Waals surface area contributed by atoms with E-state index < -0.39 is 39.5 Å². The van der Waals surface area contributed by atoms with Gasteiger partial charge in [0, 0.05) is 12.1 Å². The number of halogens is 4. The van der Waals surface area contributed by atoms with E-state index in [0.29, 0.717) is 6.42 Å². The van der Waals surface area contributed by atoms with Gasteiger partial charge in [0.1, 0.15) is 11.5 Å². The maximum atomic E-state index is 14.3. The lowest BCUT2D eigenvalue weighted by Crippen LogP contribution is -2.28. The Kier molecular flexibility index (Phi) is 9.87. The van der Waals surface area contributed by atoms with Gasteiger partial charge in [0.25, 0.3) is 0 Å². The second kappa shape index (κ2) is 12.2. The second-order valence-electron chi connectivity index (χ2n) is 8.12. The minimum atomic E-state index is -4.64. The summed E-state index contributed by atoms with van der Waals surface area (Å²) in [4.78, 5) is 16.2. The number of benzene rings is 1. The van der Waals surface area contributed by atoms with E-state index in [1.807, 2.05) is 11.6 Å². The number of sulfonamides is 1. The van der Waals surface area contributed by atoms with Crippen molar-refractivity contribution < 1.29 is 35.5 Å². The van der Waals surface area contributed by atoms with Gasteiger partial charge in [-0.25, -0.2) is 17.8 Å². The van der Waals surface area contributed by atoms with Crippen molar-refractivity contribution >= 4 is 21.6 Å². The maximum absolute atomic E-state index is 14.3. The molecule has 0 aliphatic heterocycles. The summed E-state index contributed by atoms with van der Waals surface area (Å²) in [6.45, 7) is 3.60. The highest BCUT2D eigenvalue weighted by atomic mass is 32.2. The van der Waals surface area contributed by atoms with Crippen molar-refractivity contribution in [3.8, 4) is 5.88 Å². The molecule has 0 bridgehead atoms. The van der Waals surface area contributed by atoms with Crippen LogP contribution in [-0.4, -0.2) is 32.2 Å². The number of aromatic nitrogens is 1. The molecule has 2 rings (SSSR count). The highest BCUT2D eigenvalue weighted by Gasteiger charge is 2.33. The van der Waals surface area contributed by atoms with Crippen LogP contribution in [0, 0.1) is 5.82 Å². The monoisotopic (exact) mass is 519 g/mol. The zero-order chi connectivity index (χ0) is 26.2. The molecule has 0 saturated heterocycles. The third-order valence-corrected chi connectivity index (χ3v) is 5.69. The quantitative estimate of drug-likeness (QED) is 0.304. The third-order valence-electron chi connectivity index (χ3n) is 5.10. The van der Waals surface area contributed by atoms with Gasteiger partial charge in [-0.3, -0.25) is 9.52 Å². The van der Waals surface area contributed by atoms with E-state index in [1.165, 1.54) is 25.1 Å². The van der Waals surface area contributed by atoms with Crippen LogP contribution in [0.5, 0.6) is 5.88 Å². The predicted octanol–water partition coefficient (Wildman–Crippen LogP) is 4.99. The zero-order valence-electron chi connectivity index (χ0n) is 19.7. The summed E-state index contributed by atoms with van der Waals surface area (Å²) in [5.74, 6) is -2.38. The van der Waals surface area contributed by atoms with Crippen LogP contribution in [0.25, 0.3) is 0 Å². The Morgan fingerprint density at radius 2 is 1.86 bits per heavy atom. The maximum Gasteiger partial charge on any atom is 0.433 e. The minimum Gasteiger partial charge on any atom is -0.477 e. The molecule has 1 amide bonds. The van der Waals surface area contributed by atoms with Crippen molar-refractivity contribution in [3.63, 3.8) is 0 Å². The molecule has 194 valence electrons. The Balaban J connectivity index is 2.10. The number of anilines is 1. The molecule has 7 nitrogen and oxygen atoms in total. The van der Waals surface area contributed by atoms with E-state index >= 15 is 0 Å². The molecular weight excluding hydrogens is 490 g/mol.